The third-order valence-corrected chi connectivity index (χ3v) is 0.905. The predicted molar refractivity (Wildman–Crippen MR) is 32.4 cm³/mol. The fraction of sp³-hybridized carbons (Fsp3) is 0.200. The van der Waals surface area contributed by atoms with Crippen molar-refractivity contribution < 1.29 is 0 Å². The van der Waals surface area contributed by atoms with Crippen molar-refractivity contribution in [2.75, 3.05) is 5.32 Å². The van der Waals surface area contributed by atoms with Crippen LogP contribution in [-0.2, 0) is 7.05 Å². The van der Waals surface area contributed by atoms with Gasteiger partial charge in [0.15, 0.2) is 6.19 Å². The Morgan fingerprint density at radius 2 is 2.67 bits per heavy atom. The molecule has 1 aromatic heterocycles. The number of nitrogens with one attached hydrogen (secondary N) is 1. The van der Waals surface area contributed by atoms with E-state index >= 15 is 0 Å². The molecule has 46 valence electrons. The zero-order valence-electron chi connectivity index (χ0n) is 5.00. The summed E-state index contributed by atoms with van der Waals surface area (Å²) in [6, 6.07) is 0. The second-order valence-electron chi connectivity index (χ2n) is 1.64. The highest BCUT2D eigenvalue weighted by Gasteiger charge is 1.89. The van der Waals surface area contributed by atoms with Crippen LogP contribution in [0.4, 0.5) is 5.69 Å². The van der Waals surface area contributed by atoms with E-state index in [0.717, 1.165) is 5.69 Å². The molecule has 4 heteroatoms. The van der Waals surface area contributed by atoms with Crippen LogP contribution in [0, 0.1) is 11.5 Å². The molecule has 0 radical (unpaired) electrons. The molecule has 0 aromatic carbocycles. The zero-order chi connectivity index (χ0) is 6.69. The largest absolute Gasteiger partial charge is 0.290 e. The summed E-state index contributed by atoms with van der Waals surface area (Å²) in [5.41, 5.74) is 0.722. The molecule has 4 nitrogen and oxygen atoms in total. The second-order valence-corrected chi connectivity index (χ2v) is 1.64. The Morgan fingerprint density at radius 1 is 1.89 bits per heavy atom. The molecule has 0 aliphatic heterocycles. The van der Waals surface area contributed by atoms with Gasteiger partial charge < -0.3 is 0 Å². The molecule has 0 saturated carbocycles. The molecule has 0 bridgehead atoms. The number of rotatable bonds is 1. The maximum Gasteiger partial charge on any atom is 0.181 e. The van der Waals surface area contributed by atoms with E-state index in [1.54, 1.807) is 30.3 Å². The summed E-state index contributed by atoms with van der Waals surface area (Å²) < 4.78 is 1.62. The minimum atomic E-state index is 0.722. The molecule has 1 aromatic rings. The third kappa shape index (κ3) is 1.19. The maximum atomic E-state index is 8.13. The number of hydrogen-bond acceptors (Lipinski definition) is 3. The number of anilines is 1. The molecular weight excluding hydrogens is 116 g/mol. The van der Waals surface area contributed by atoms with Gasteiger partial charge in [0.05, 0.1) is 11.9 Å². The smallest absolute Gasteiger partial charge is 0.181 e. The molecule has 0 atom stereocenters. The van der Waals surface area contributed by atoms with Gasteiger partial charge in [-0.05, 0) is 0 Å². The molecule has 1 heterocycles. The van der Waals surface area contributed by atoms with Crippen LogP contribution in [0.5, 0.6) is 0 Å². The second kappa shape index (κ2) is 2.18. The fourth-order valence-electron chi connectivity index (χ4n) is 0.550. The Kier molecular flexibility index (Phi) is 1.36. The minimum absolute atomic E-state index is 0.722. The number of hydrogen-bond donors (Lipinski definition) is 1. The lowest BCUT2D eigenvalue weighted by Crippen LogP contribution is -1.85. The van der Waals surface area contributed by atoms with E-state index in [1.165, 1.54) is 0 Å². The van der Waals surface area contributed by atoms with Crippen LogP contribution in [0.2, 0.25) is 0 Å². The van der Waals surface area contributed by atoms with Crippen molar-refractivity contribution in [2.45, 2.75) is 0 Å². The molecule has 0 fully saturated rings. The lowest BCUT2D eigenvalue weighted by atomic mass is 10.6. The molecule has 0 amide bonds. The van der Waals surface area contributed by atoms with Crippen LogP contribution in [0.3, 0.4) is 0 Å². The minimum Gasteiger partial charge on any atom is -0.290 e. The summed E-state index contributed by atoms with van der Waals surface area (Å²) >= 11 is 0. The summed E-state index contributed by atoms with van der Waals surface area (Å²) in [6.07, 6.45) is 5.11. The van der Waals surface area contributed by atoms with Crippen molar-refractivity contribution in [1.29, 1.82) is 5.26 Å². The van der Waals surface area contributed by atoms with Gasteiger partial charge in [-0.1, -0.05) is 0 Å². The van der Waals surface area contributed by atoms with Crippen molar-refractivity contribution in [1.82, 2.24) is 9.78 Å². The SMILES string of the molecule is Cn1cc(NC#N)cn1. The van der Waals surface area contributed by atoms with Gasteiger partial charge in [-0.25, -0.2) is 0 Å². The van der Waals surface area contributed by atoms with Crippen molar-refractivity contribution in [2.24, 2.45) is 7.05 Å². The lowest BCUT2D eigenvalue weighted by Gasteiger charge is -1.83. The van der Waals surface area contributed by atoms with Gasteiger partial charge in [0.1, 0.15) is 0 Å². The molecule has 0 aliphatic rings. The average molecular weight is 122 g/mol. The maximum absolute atomic E-state index is 8.13. The Hall–Kier alpha value is -1.50. The van der Waals surface area contributed by atoms with Crippen molar-refractivity contribution in [3.8, 4) is 6.19 Å². The van der Waals surface area contributed by atoms with Crippen molar-refractivity contribution in [3.05, 3.63) is 12.4 Å². The number of nitrogens with zero attached hydrogens (tertiary/aromatic N) is 3. The van der Waals surface area contributed by atoms with Crippen LogP contribution in [0.25, 0.3) is 0 Å². The van der Waals surface area contributed by atoms with Crippen molar-refractivity contribution in [3.63, 3.8) is 0 Å². The Morgan fingerprint density at radius 3 is 3.11 bits per heavy atom. The van der Waals surface area contributed by atoms with E-state index in [9.17, 15) is 0 Å². The van der Waals surface area contributed by atoms with E-state index in [2.05, 4.69) is 10.4 Å². The molecule has 0 unspecified atom stereocenters. The molecular formula is C5H6N4. The highest BCUT2D eigenvalue weighted by molar-refractivity contribution is 5.41. The average Bonchev–Trinajstić information content (AvgIpc) is 2.17. The summed E-state index contributed by atoms with van der Waals surface area (Å²) in [7, 11) is 1.79. The fourth-order valence-corrected chi connectivity index (χ4v) is 0.550. The standard InChI is InChI=1S/C5H6N4/c1-9-3-5(2-8-9)7-4-6/h2-3,7H,1H3. The Labute approximate surface area is 52.7 Å². The lowest BCUT2D eigenvalue weighted by molar-refractivity contribution is 0.768. The van der Waals surface area contributed by atoms with E-state index < -0.39 is 0 Å². The Balaban J connectivity index is 2.76. The monoisotopic (exact) mass is 122 g/mol. The van der Waals surface area contributed by atoms with Gasteiger partial charge in [-0.2, -0.15) is 10.4 Å². The summed E-state index contributed by atoms with van der Waals surface area (Å²) in [5, 5.41) is 14.4. The predicted octanol–water partition coefficient (Wildman–Crippen LogP) is 0.313. The number of aryl methyl sites for hydroxylation is 1. The Bertz CT molecular complexity index is 231. The first-order chi connectivity index (χ1) is 4.33. The molecule has 0 aliphatic carbocycles. The highest BCUT2D eigenvalue weighted by Crippen LogP contribution is 2.00. The van der Waals surface area contributed by atoms with Gasteiger partial charge in [-0.3, -0.25) is 10.00 Å². The van der Waals surface area contributed by atoms with Crippen LogP contribution >= 0.6 is 0 Å². The molecule has 1 N–H and O–H groups in total. The third-order valence-electron chi connectivity index (χ3n) is 0.905. The van der Waals surface area contributed by atoms with Gasteiger partial charge >= 0.3 is 0 Å². The van der Waals surface area contributed by atoms with Crippen LogP contribution in [0.15, 0.2) is 12.4 Å². The van der Waals surface area contributed by atoms with Gasteiger partial charge in [0, 0.05) is 13.2 Å². The normalized spacial score (nSPS) is 8.44. The molecule has 0 saturated heterocycles. The van der Waals surface area contributed by atoms with Gasteiger partial charge in [0.2, 0.25) is 0 Å². The summed E-state index contributed by atoms with van der Waals surface area (Å²) in [5.74, 6) is 0. The summed E-state index contributed by atoms with van der Waals surface area (Å²) in [4.78, 5) is 0. The van der Waals surface area contributed by atoms with Crippen LogP contribution in [-0.4, -0.2) is 9.78 Å². The molecule has 0 spiro atoms. The molecule has 1 rings (SSSR count). The van der Waals surface area contributed by atoms with Crippen LogP contribution in [0.1, 0.15) is 0 Å². The van der Waals surface area contributed by atoms with E-state index in [1.807, 2.05) is 0 Å². The van der Waals surface area contributed by atoms with E-state index in [0.29, 0.717) is 0 Å². The van der Waals surface area contributed by atoms with Crippen LogP contribution < -0.4 is 5.32 Å². The first kappa shape index (κ1) is 5.63. The van der Waals surface area contributed by atoms with Gasteiger partial charge in [-0.15, -0.1) is 0 Å². The van der Waals surface area contributed by atoms with Crippen molar-refractivity contribution >= 4 is 5.69 Å². The quantitative estimate of drug-likeness (QED) is 0.431. The number of nitriles is 1. The first-order valence-electron chi connectivity index (χ1n) is 2.46. The zero-order valence-corrected chi connectivity index (χ0v) is 5.00. The highest BCUT2D eigenvalue weighted by atomic mass is 15.2. The summed E-state index contributed by atoms with van der Waals surface area (Å²) in [6.45, 7) is 0. The molecule has 9 heavy (non-hydrogen) atoms. The van der Waals surface area contributed by atoms with E-state index in [4.69, 9.17) is 5.26 Å². The first-order valence-corrected chi connectivity index (χ1v) is 2.46. The van der Waals surface area contributed by atoms with E-state index in [-0.39, 0.29) is 0 Å². The topological polar surface area (TPSA) is 53.6 Å². The van der Waals surface area contributed by atoms with Gasteiger partial charge in [0.25, 0.3) is 0 Å². The number of aromatic nitrogens is 2.